The highest BCUT2D eigenvalue weighted by Gasteiger charge is 2.29. The summed E-state index contributed by atoms with van der Waals surface area (Å²) in [6, 6.07) is 0.900. The van der Waals surface area contributed by atoms with Crippen molar-refractivity contribution in [2.75, 3.05) is 13.1 Å². The van der Waals surface area contributed by atoms with Crippen molar-refractivity contribution < 1.29 is 5.11 Å². The summed E-state index contributed by atoms with van der Waals surface area (Å²) in [6.45, 7) is 2.69. The third-order valence-corrected chi connectivity index (χ3v) is 5.48. The minimum absolute atomic E-state index is 0.249. The summed E-state index contributed by atoms with van der Waals surface area (Å²) in [5, 5.41) is 16.3. The van der Waals surface area contributed by atoms with Gasteiger partial charge in [0.05, 0.1) is 17.3 Å². The molecule has 4 nitrogen and oxygen atoms in total. The molecule has 2 atom stereocenters. The van der Waals surface area contributed by atoms with Gasteiger partial charge in [-0.05, 0) is 19.3 Å². The van der Waals surface area contributed by atoms with Crippen LogP contribution in [0.15, 0.2) is 10.9 Å². The number of aliphatic hydroxyl groups is 1. The predicted octanol–water partition coefficient (Wildman–Crippen LogP) is 2.39. The normalized spacial score (nSPS) is 29.4. The van der Waals surface area contributed by atoms with Crippen molar-refractivity contribution in [1.29, 1.82) is 0 Å². The summed E-state index contributed by atoms with van der Waals surface area (Å²) in [6.07, 6.45) is 8.81. The molecule has 21 heavy (non-hydrogen) atoms. The minimum atomic E-state index is -0.249. The van der Waals surface area contributed by atoms with Crippen molar-refractivity contribution in [2.24, 2.45) is 0 Å². The second kappa shape index (κ2) is 7.68. The lowest BCUT2D eigenvalue weighted by Gasteiger charge is -2.38. The lowest BCUT2D eigenvalue weighted by Crippen LogP contribution is -2.54. The van der Waals surface area contributed by atoms with E-state index in [1.54, 1.807) is 11.3 Å². The molecule has 1 saturated carbocycles. The average molecular weight is 309 g/mol. The maximum atomic E-state index is 10.4. The Morgan fingerprint density at radius 3 is 2.71 bits per heavy atom. The Morgan fingerprint density at radius 1 is 1.24 bits per heavy atom. The fourth-order valence-electron chi connectivity index (χ4n) is 3.63. The topological polar surface area (TPSA) is 48.4 Å². The lowest BCUT2D eigenvalue weighted by atomic mass is 9.98. The molecular weight excluding hydrogens is 282 g/mol. The zero-order valence-electron chi connectivity index (χ0n) is 12.7. The molecule has 1 aliphatic carbocycles. The Morgan fingerprint density at radius 2 is 2.05 bits per heavy atom. The van der Waals surface area contributed by atoms with Crippen molar-refractivity contribution in [2.45, 2.75) is 69.7 Å². The van der Waals surface area contributed by atoms with Crippen LogP contribution in [-0.2, 0) is 6.54 Å². The highest BCUT2D eigenvalue weighted by atomic mass is 32.1. The average Bonchev–Trinajstić information content (AvgIpc) is 2.84. The van der Waals surface area contributed by atoms with E-state index in [0.717, 1.165) is 31.7 Å². The van der Waals surface area contributed by atoms with Crippen LogP contribution in [0, 0.1) is 0 Å². The number of likely N-dealkylation sites (tertiary alicyclic amines) is 1. The van der Waals surface area contributed by atoms with E-state index in [-0.39, 0.29) is 12.1 Å². The molecule has 1 aliphatic heterocycles. The van der Waals surface area contributed by atoms with Crippen LogP contribution in [0.4, 0.5) is 0 Å². The van der Waals surface area contributed by atoms with Gasteiger partial charge in [0.1, 0.15) is 0 Å². The number of rotatable bonds is 4. The highest BCUT2D eigenvalue weighted by Crippen LogP contribution is 2.20. The van der Waals surface area contributed by atoms with Gasteiger partial charge in [-0.15, -0.1) is 11.3 Å². The molecule has 2 heterocycles. The minimum Gasteiger partial charge on any atom is -0.390 e. The van der Waals surface area contributed by atoms with Crippen LogP contribution in [0.1, 0.15) is 50.6 Å². The number of hydrogen-bond acceptors (Lipinski definition) is 5. The quantitative estimate of drug-likeness (QED) is 0.839. The Bertz CT molecular complexity index is 404. The molecule has 0 bridgehead atoms. The second-order valence-corrected chi connectivity index (χ2v) is 7.25. The number of thiazole rings is 1. The zero-order chi connectivity index (χ0) is 14.5. The van der Waals surface area contributed by atoms with Crippen molar-refractivity contribution in [3.05, 3.63) is 16.6 Å². The van der Waals surface area contributed by atoms with E-state index in [4.69, 9.17) is 0 Å². The fourth-order valence-corrected chi connectivity index (χ4v) is 4.18. The maximum Gasteiger partial charge on any atom is 0.0820 e. The second-order valence-electron chi connectivity index (χ2n) is 6.53. The van der Waals surface area contributed by atoms with E-state index in [9.17, 15) is 5.11 Å². The monoisotopic (exact) mass is 309 g/mol. The van der Waals surface area contributed by atoms with E-state index in [0.29, 0.717) is 6.04 Å². The number of nitrogens with one attached hydrogen (secondary N) is 1. The van der Waals surface area contributed by atoms with Gasteiger partial charge < -0.3 is 10.4 Å². The van der Waals surface area contributed by atoms with Crippen LogP contribution in [0.5, 0.6) is 0 Å². The van der Waals surface area contributed by atoms with Gasteiger partial charge in [0.2, 0.25) is 0 Å². The third kappa shape index (κ3) is 4.49. The molecule has 1 saturated heterocycles. The summed E-state index contributed by atoms with van der Waals surface area (Å²) in [5.74, 6) is 0. The Hall–Kier alpha value is -0.490. The summed E-state index contributed by atoms with van der Waals surface area (Å²) in [7, 11) is 0. The van der Waals surface area contributed by atoms with Gasteiger partial charge in [-0.25, -0.2) is 4.98 Å². The lowest BCUT2D eigenvalue weighted by molar-refractivity contribution is 0.0318. The van der Waals surface area contributed by atoms with E-state index in [2.05, 4.69) is 20.6 Å². The Balaban J connectivity index is 1.46. The van der Waals surface area contributed by atoms with Gasteiger partial charge in [0, 0.05) is 37.1 Å². The fraction of sp³-hybridized carbons (Fsp3) is 0.812. The largest absolute Gasteiger partial charge is 0.390 e. The van der Waals surface area contributed by atoms with Gasteiger partial charge in [-0.2, -0.15) is 0 Å². The van der Waals surface area contributed by atoms with Gasteiger partial charge in [-0.1, -0.05) is 25.7 Å². The molecule has 3 rings (SSSR count). The number of aliphatic hydroxyl groups excluding tert-OH is 1. The molecule has 0 radical (unpaired) electrons. The van der Waals surface area contributed by atoms with Crippen LogP contribution in [0.3, 0.4) is 0 Å². The standard InChI is InChI=1S/C16H27N3OS/c20-16-10-19(9-14-11-21-12-17-14)8-7-15(16)18-13-5-3-1-2-4-6-13/h11-13,15-16,18,20H,1-10H2/t15-,16-/m1/s1. The summed E-state index contributed by atoms with van der Waals surface area (Å²) in [5.41, 5.74) is 3.01. The van der Waals surface area contributed by atoms with Crippen LogP contribution >= 0.6 is 11.3 Å². The van der Waals surface area contributed by atoms with Crippen molar-refractivity contribution >= 4 is 11.3 Å². The van der Waals surface area contributed by atoms with Crippen molar-refractivity contribution in [3.8, 4) is 0 Å². The summed E-state index contributed by atoms with van der Waals surface area (Å²) < 4.78 is 0. The Kier molecular flexibility index (Phi) is 5.63. The smallest absolute Gasteiger partial charge is 0.0820 e. The van der Waals surface area contributed by atoms with Crippen LogP contribution in [-0.4, -0.2) is 46.3 Å². The summed E-state index contributed by atoms with van der Waals surface area (Å²) >= 11 is 1.64. The maximum absolute atomic E-state index is 10.4. The number of aromatic nitrogens is 1. The number of hydrogen-bond donors (Lipinski definition) is 2. The van der Waals surface area contributed by atoms with Crippen LogP contribution in [0.2, 0.25) is 0 Å². The molecule has 0 aromatic carbocycles. The third-order valence-electron chi connectivity index (χ3n) is 4.84. The number of β-amino-alcohol motifs (C(OH)–C–C–N with tert-alkyl or cyclic N) is 1. The predicted molar refractivity (Wildman–Crippen MR) is 86.4 cm³/mol. The molecular formula is C16H27N3OS. The first-order chi connectivity index (χ1) is 10.3. The first-order valence-electron chi connectivity index (χ1n) is 8.35. The molecule has 0 amide bonds. The molecule has 0 unspecified atom stereocenters. The molecule has 5 heteroatoms. The number of nitrogens with zero attached hydrogens (tertiary/aromatic N) is 2. The van der Waals surface area contributed by atoms with Crippen LogP contribution in [0.25, 0.3) is 0 Å². The molecule has 118 valence electrons. The molecule has 1 aromatic heterocycles. The van der Waals surface area contributed by atoms with Gasteiger partial charge in [0.15, 0.2) is 0 Å². The molecule has 2 N–H and O–H groups in total. The molecule has 1 aromatic rings. The van der Waals surface area contributed by atoms with E-state index in [1.807, 2.05) is 5.51 Å². The van der Waals surface area contributed by atoms with Gasteiger partial charge in [-0.3, -0.25) is 4.90 Å². The number of piperidine rings is 1. The van der Waals surface area contributed by atoms with Gasteiger partial charge in [0.25, 0.3) is 0 Å². The molecule has 2 aliphatic rings. The summed E-state index contributed by atoms with van der Waals surface area (Å²) in [4.78, 5) is 6.66. The van der Waals surface area contributed by atoms with Gasteiger partial charge >= 0.3 is 0 Å². The van der Waals surface area contributed by atoms with Crippen molar-refractivity contribution in [3.63, 3.8) is 0 Å². The Labute approximate surface area is 131 Å². The molecule has 0 spiro atoms. The molecule has 2 fully saturated rings. The van der Waals surface area contributed by atoms with Crippen LogP contribution < -0.4 is 5.32 Å². The first kappa shape index (κ1) is 15.4. The SMILES string of the molecule is O[C@@H]1CN(Cc2cscn2)CC[C@H]1NC1CCCCCC1. The van der Waals surface area contributed by atoms with E-state index in [1.165, 1.54) is 38.5 Å². The van der Waals surface area contributed by atoms with Crippen molar-refractivity contribution in [1.82, 2.24) is 15.2 Å². The zero-order valence-corrected chi connectivity index (χ0v) is 13.5. The van der Waals surface area contributed by atoms with E-state index >= 15 is 0 Å². The van der Waals surface area contributed by atoms with E-state index < -0.39 is 0 Å². The highest BCUT2D eigenvalue weighted by molar-refractivity contribution is 7.07. The first-order valence-corrected chi connectivity index (χ1v) is 9.29.